The second kappa shape index (κ2) is 25.4. The van der Waals surface area contributed by atoms with Crippen LogP contribution in [0.5, 0.6) is 0 Å². The van der Waals surface area contributed by atoms with Gasteiger partial charge in [0.1, 0.15) is 25.1 Å². The van der Waals surface area contributed by atoms with Crippen molar-refractivity contribution in [3.63, 3.8) is 0 Å². The number of rotatable bonds is 15. The van der Waals surface area contributed by atoms with E-state index < -0.39 is 122 Å². The van der Waals surface area contributed by atoms with Crippen LogP contribution in [0.2, 0.25) is 0 Å². The summed E-state index contributed by atoms with van der Waals surface area (Å²) in [6.45, 7) is 1.46. The molecule has 1 unspecified atom stereocenters. The molecule has 82 heavy (non-hydrogen) atoms. The van der Waals surface area contributed by atoms with E-state index in [9.17, 15) is 75.5 Å². The molecule has 0 fully saturated rings. The number of carbonyl (C=O) groups is 5. The molecule has 0 aromatic heterocycles. The van der Waals surface area contributed by atoms with Crippen LogP contribution in [0.25, 0.3) is 21.5 Å². The summed E-state index contributed by atoms with van der Waals surface area (Å²) in [6, 6.07) is 28.8. The van der Waals surface area contributed by atoms with Gasteiger partial charge in [0.05, 0.1) is 15.5 Å². The minimum absolute atomic E-state index is 0. The SMILES string of the molecule is Cc1cc(S(=O)(=O)[OH2+])cc2c(S(=O)(=O)[OH2+])ccc(NC(=O)c3ccc(NC(=O)c4ccc(NC(=O)Nc5ccc(C(=O)Nc6ccc(C(=O)Nc7ccc(S(=O)(=O)[O-])c8cc(S(=O)[O-])cc(S(=O)(=O)[O-])c78)cc6)cc5)cc4)cc3)c12.[Na+].[Na+]. The first kappa shape index (κ1) is 64.3. The Morgan fingerprint density at radius 2 is 0.780 bits per heavy atom. The average Bonchev–Trinajstić information content (AvgIpc) is 2.90. The van der Waals surface area contributed by atoms with Gasteiger partial charge in [-0.2, -0.15) is 0 Å². The zero-order valence-electron chi connectivity index (χ0n) is 42.3. The Kier molecular flexibility index (Phi) is 19.9. The van der Waals surface area contributed by atoms with Crippen molar-refractivity contribution in [2.45, 2.75) is 31.4 Å². The zero-order chi connectivity index (χ0) is 58.2. The molecule has 412 valence electrons. The maximum absolute atomic E-state index is 13.3. The largest absolute Gasteiger partial charge is 1.00 e. The maximum atomic E-state index is 13.3. The maximum Gasteiger partial charge on any atom is 1.00 e. The molecule has 32 heteroatoms. The molecular weight excluding hydrogens is 1190 g/mol. The van der Waals surface area contributed by atoms with Crippen LogP contribution in [0.1, 0.15) is 47.0 Å². The minimum Gasteiger partial charge on any atom is -0.768 e. The van der Waals surface area contributed by atoms with E-state index in [2.05, 4.69) is 31.9 Å². The first-order valence-electron chi connectivity index (χ1n) is 22.4. The van der Waals surface area contributed by atoms with Gasteiger partial charge in [0.15, 0.2) is 4.90 Å². The van der Waals surface area contributed by atoms with E-state index in [4.69, 9.17) is 9.11 Å². The van der Waals surface area contributed by atoms with Crippen molar-refractivity contribution in [1.82, 2.24) is 0 Å². The monoisotopic (exact) mass is 1230 g/mol. The van der Waals surface area contributed by atoms with Crippen molar-refractivity contribution in [2.75, 3.05) is 31.9 Å². The van der Waals surface area contributed by atoms with Gasteiger partial charge in [-0.25, -0.2) is 21.6 Å². The normalized spacial score (nSPS) is 12.0. The number of benzene rings is 8. The molecule has 0 radical (unpaired) electrons. The molecular formula is C50H37N6Na2O19S5+. The van der Waals surface area contributed by atoms with Gasteiger partial charge in [0.2, 0.25) is 0 Å². The number of carbonyl (C=O) groups excluding carboxylic acids is 5. The molecule has 8 rings (SSSR count). The van der Waals surface area contributed by atoms with E-state index in [1.54, 1.807) is 0 Å². The number of aryl methyl sites for hydroxylation is 1. The number of amides is 6. The third-order valence-corrected chi connectivity index (χ3v) is 15.9. The van der Waals surface area contributed by atoms with E-state index in [0.717, 1.165) is 24.3 Å². The fourth-order valence-corrected chi connectivity index (χ4v) is 11.3. The molecule has 0 heterocycles. The Labute approximate surface area is 512 Å². The van der Waals surface area contributed by atoms with Crippen LogP contribution in [-0.4, -0.2) is 90.3 Å². The number of hydrogen-bond donors (Lipinski definition) is 6. The Bertz CT molecular complexity index is 4430. The summed E-state index contributed by atoms with van der Waals surface area (Å²) < 4.78 is 159. The number of urea groups is 1. The van der Waals surface area contributed by atoms with Crippen LogP contribution in [0.15, 0.2) is 170 Å². The number of fused-ring (bicyclic) bond motifs is 2. The number of hydrogen-bond acceptors (Lipinski definition) is 17. The summed E-state index contributed by atoms with van der Waals surface area (Å²) in [6.07, 6.45) is 0. The third-order valence-electron chi connectivity index (χ3n) is 11.7. The molecule has 0 saturated carbocycles. The van der Waals surface area contributed by atoms with Gasteiger partial charge in [-0.05, 0) is 169 Å². The zero-order valence-corrected chi connectivity index (χ0v) is 50.4. The topological polar surface area (TPSA) is 426 Å². The predicted molar refractivity (Wildman–Crippen MR) is 288 cm³/mol. The molecule has 0 aliphatic rings. The van der Waals surface area contributed by atoms with E-state index in [-0.39, 0.29) is 115 Å². The van der Waals surface area contributed by atoms with Gasteiger partial charge in [-0.1, -0.05) is 0 Å². The number of anilines is 6. The molecule has 6 amide bonds. The first-order valence-corrected chi connectivity index (χ1v) is 29.2. The molecule has 0 spiro atoms. The van der Waals surface area contributed by atoms with Crippen molar-refractivity contribution < 1.29 is 144 Å². The van der Waals surface area contributed by atoms with E-state index >= 15 is 0 Å². The van der Waals surface area contributed by atoms with Crippen molar-refractivity contribution in [1.29, 1.82) is 0 Å². The molecule has 0 saturated heterocycles. The van der Waals surface area contributed by atoms with Crippen LogP contribution in [0.3, 0.4) is 0 Å². The van der Waals surface area contributed by atoms with Crippen molar-refractivity contribution in [3.8, 4) is 0 Å². The van der Waals surface area contributed by atoms with Gasteiger partial charge in [-0.15, -0.1) is 16.8 Å². The first-order chi connectivity index (χ1) is 37.4. The fraction of sp³-hybridized carbons (Fsp3) is 0.0200. The molecule has 1 atom stereocenters. The summed E-state index contributed by atoms with van der Waals surface area (Å²) in [5, 5.41) is 14.0. The van der Waals surface area contributed by atoms with E-state index in [1.807, 2.05) is 0 Å². The molecule has 8 aromatic rings. The third kappa shape index (κ3) is 15.0. The predicted octanol–water partition coefficient (Wildman–Crippen LogP) is -1.16. The standard InChI is InChI=1S/C50H38N6O19S5.2Na/c1-26-22-36(77(64,65)66)25-38-42(79(70,71)72)20-18-39(44(26)38)55-48(59)29-2-10-31(11-3-29)51-46(57)27-6-14-33(15-7-27)53-50(61)54-34-16-8-28(9-17-34)47(58)52-32-12-4-30(5-13-32)49(60)56-40-19-21-41(78(67,68)69)37-23-35(76(62)63)24-43(45(37)40)80(73,74)75;;/h2-25H,1H3,(H,51,57)(H,52,58)(H,55,59)(H,56,60)(H,62,63)(H2,53,54,61)(H,64,65,66)(H,67,68,69)(H,70,71,72)(H,73,74,75);;/q;2*+1/p-1. The summed E-state index contributed by atoms with van der Waals surface area (Å²) in [4.78, 5) is 61.5. The molecule has 10 N–H and O–H groups in total. The van der Waals surface area contributed by atoms with Gasteiger partial charge in [-0.3, -0.25) is 23.4 Å². The smallest absolute Gasteiger partial charge is 0.768 e. The van der Waals surface area contributed by atoms with E-state index in [1.165, 1.54) is 110 Å². The van der Waals surface area contributed by atoms with Crippen molar-refractivity contribution in [3.05, 3.63) is 173 Å². The van der Waals surface area contributed by atoms with Crippen molar-refractivity contribution in [2.24, 2.45) is 0 Å². The quantitative estimate of drug-likeness (QED) is 0.0305. The Morgan fingerprint density at radius 1 is 0.427 bits per heavy atom. The summed E-state index contributed by atoms with van der Waals surface area (Å²) in [5.74, 6) is -2.72. The molecule has 0 aliphatic heterocycles. The van der Waals surface area contributed by atoms with Gasteiger partial charge in [0.25, 0.3) is 23.6 Å². The van der Waals surface area contributed by atoms with Gasteiger partial charge < -0.3 is 54.7 Å². The molecule has 0 bridgehead atoms. The fourth-order valence-electron chi connectivity index (χ4n) is 8.05. The van der Waals surface area contributed by atoms with Crippen LogP contribution in [0, 0.1) is 6.92 Å². The molecule has 8 aromatic carbocycles. The second-order valence-electron chi connectivity index (χ2n) is 17.1. The molecule has 25 nitrogen and oxygen atoms in total. The average molecular weight is 1230 g/mol. The summed E-state index contributed by atoms with van der Waals surface area (Å²) >= 11 is -3.17. The Hall–Kier alpha value is -6.82. The molecule has 0 aliphatic carbocycles. The van der Waals surface area contributed by atoms with Crippen LogP contribution in [-0.2, 0) is 51.6 Å². The van der Waals surface area contributed by atoms with E-state index in [0.29, 0.717) is 29.6 Å². The van der Waals surface area contributed by atoms with Gasteiger partial charge >= 0.3 is 85.4 Å². The van der Waals surface area contributed by atoms with Crippen LogP contribution < -0.4 is 91.0 Å². The van der Waals surface area contributed by atoms with Crippen molar-refractivity contribution >= 4 is 137 Å². The van der Waals surface area contributed by atoms with Gasteiger partial charge in [0, 0.05) is 77.1 Å². The minimum atomic E-state index is -5.52. The summed E-state index contributed by atoms with van der Waals surface area (Å²) in [5.41, 5.74) is 1.34. The summed E-state index contributed by atoms with van der Waals surface area (Å²) in [7, 11) is -20.0. The Morgan fingerprint density at radius 3 is 1.15 bits per heavy atom. The second-order valence-corrected chi connectivity index (χ2v) is 23.6. The van der Waals surface area contributed by atoms with Crippen LogP contribution in [0.4, 0.5) is 38.9 Å². The Balaban J connectivity index is 0.00000541. The van der Waals surface area contributed by atoms with Crippen LogP contribution >= 0.6 is 0 Å². The number of nitrogens with one attached hydrogen (secondary N) is 6.